The topological polar surface area (TPSA) is 55.8 Å². The maximum absolute atomic E-state index is 11.7. The van der Waals surface area contributed by atoms with E-state index in [0.29, 0.717) is 28.8 Å². The minimum absolute atomic E-state index is 0.214. The standard InChI is InChI=1S/C12H12ClNO4/c1-17-10-6-11(18-2)8(5-7(10)13)14-4-3-9(15)12(14)16/h5-6H,3-4H2,1-2H3. The summed E-state index contributed by atoms with van der Waals surface area (Å²) < 4.78 is 10.3. The molecule has 0 aromatic heterocycles. The molecular weight excluding hydrogens is 258 g/mol. The van der Waals surface area contributed by atoms with Crippen LogP contribution in [0.2, 0.25) is 5.02 Å². The summed E-state index contributed by atoms with van der Waals surface area (Å²) in [6.45, 7) is 0.344. The lowest BCUT2D eigenvalue weighted by Crippen LogP contribution is -2.27. The maximum atomic E-state index is 11.7. The molecule has 0 atom stereocenters. The van der Waals surface area contributed by atoms with Crippen LogP contribution in [0.1, 0.15) is 6.42 Å². The molecule has 1 saturated heterocycles. The Kier molecular flexibility index (Phi) is 3.43. The van der Waals surface area contributed by atoms with Crippen LogP contribution >= 0.6 is 11.6 Å². The number of anilines is 1. The zero-order valence-electron chi connectivity index (χ0n) is 10.0. The van der Waals surface area contributed by atoms with Gasteiger partial charge < -0.3 is 14.4 Å². The first-order valence-electron chi connectivity index (χ1n) is 5.34. The number of nitrogens with zero attached hydrogens (tertiary/aromatic N) is 1. The molecule has 1 fully saturated rings. The van der Waals surface area contributed by atoms with Gasteiger partial charge in [-0.3, -0.25) is 9.59 Å². The summed E-state index contributed by atoms with van der Waals surface area (Å²) in [6, 6.07) is 3.16. The Morgan fingerprint density at radius 2 is 1.83 bits per heavy atom. The molecule has 0 radical (unpaired) electrons. The van der Waals surface area contributed by atoms with Crippen LogP contribution in [0.3, 0.4) is 0 Å². The predicted molar refractivity (Wildman–Crippen MR) is 66.5 cm³/mol. The number of hydrogen-bond donors (Lipinski definition) is 0. The lowest BCUT2D eigenvalue weighted by atomic mass is 10.2. The van der Waals surface area contributed by atoms with Gasteiger partial charge in [0.1, 0.15) is 11.5 Å². The number of benzene rings is 1. The molecule has 18 heavy (non-hydrogen) atoms. The summed E-state index contributed by atoms with van der Waals surface area (Å²) in [7, 11) is 2.97. The summed E-state index contributed by atoms with van der Waals surface area (Å²) in [5.74, 6) is -0.0342. The van der Waals surface area contributed by atoms with Crippen molar-refractivity contribution >= 4 is 29.0 Å². The van der Waals surface area contributed by atoms with E-state index in [1.165, 1.54) is 19.1 Å². The molecule has 96 valence electrons. The number of rotatable bonds is 3. The second-order valence-corrected chi connectivity index (χ2v) is 4.20. The molecule has 1 aromatic rings. The van der Waals surface area contributed by atoms with Crippen LogP contribution in [-0.2, 0) is 9.59 Å². The van der Waals surface area contributed by atoms with Gasteiger partial charge in [-0.1, -0.05) is 11.6 Å². The molecule has 1 aliphatic heterocycles. The summed E-state index contributed by atoms with van der Waals surface area (Å²) in [5.41, 5.74) is 0.485. The monoisotopic (exact) mass is 269 g/mol. The third kappa shape index (κ3) is 2.01. The van der Waals surface area contributed by atoms with Crippen molar-refractivity contribution in [3.63, 3.8) is 0 Å². The minimum Gasteiger partial charge on any atom is -0.495 e. The van der Waals surface area contributed by atoms with Gasteiger partial charge in [0.15, 0.2) is 0 Å². The van der Waals surface area contributed by atoms with Crippen LogP contribution in [0, 0.1) is 0 Å². The molecule has 0 unspecified atom stereocenters. The van der Waals surface area contributed by atoms with E-state index >= 15 is 0 Å². The van der Waals surface area contributed by atoms with E-state index in [1.807, 2.05) is 0 Å². The number of hydrogen-bond acceptors (Lipinski definition) is 4. The highest BCUT2D eigenvalue weighted by Gasteiger charge is 2.32. The van der Waals surface area contributed by atoms with Gasteiger partial charge in [-0.05, 0) is 6.07 Å². The third-order valence-electron chi connectivity index (χ3n) is 2.79. The van der Waals surface area contributed by atoms with Crippen LogP contribution in [0.15, 0.2) is 12.1 Å². The van der Waals surface area contributed by atoms with E-state index < -0.39 is 11.7 Å². The number of carbonyl (C=O) groups excluding carboxylic acids is 2. The van der Waals surface area contributed by atoms with E-state index in [4.69, 9.17) is 21.1 Å². The SMILES string of the molecule is COc1cc(OC)c(N2CCC(=O)C2=O)cc1Cl. The van der Waals surface area contributed by atoms with Gasteiger partial charge in [0.05, 0.1) is 24.9 Å². The highest BCUT2D eigenvalue weighted by molar-refractivity contribution is 6.44. The fourth-order valence-corrected chi connectivity index (χ4v) is 2.09. The summed E-state index contributed by atoms with van der Waals surface area (Å²) in [5, 5.41) is 0.362. The molecule has 2 rings (SSSR count). The molecule has 1 amide bonds. The largest absolute Gasteiger partial charge is 0.495 e. The molecule has 0 N–H and O–H groups in total. The number of Topliss-reactive ketones (excluding diaryl/α,β-unsaturated/α-hetero) is 1. The number of ketones is 1. The van der Waals surface area contributed by atoms with Crippen molar-refractivity contribution in [1.29, 1.82) is 0 Å². The van der Waals surface area contributed by atoms with Crippen LogP contribution in [-0.4, -0.2) is 32.5 Å². The molecule has 1 aliphatic rings. The maximum Gasteiger partial charge on any atom is 0.294 e. The zero-order valence-corrected chi connectivity index (χ0v) is 10.8. The molecule has 0 bridgehead atoms. The lowest BCUT2D eigenvalue weighted by molar-refractivity contribution is -0.133. The fraction of sp³-hybridized carbons (Fsp3) is 0.333. The third-order valence-corrected chi connectivity index (χ3v) is 3.09. The van der Waals surface area contributed by atoms with Crippen molar-refractivity contribution < 1.29 is 19.1 Å². The van der Waals surface area contributed by atoms with Gasteiger partial charge in [0.25, 0.3) is 5.91 Å². The average Bonchev–Trinajstić information content (AvgIpc) is 2.70. The molecule has 0 saturated carbocycles. The van der Waals surface area contributed by atoms with E-state index in [0.717, 1.165) is 0 Å². The van der Waals surface area contributed by atoms with Crippen molar-refractivity contribution in [3.8, 4) is 11.5 Å². The van der Waals surface area contributed by atoms with Gasteiger partial charge in [-0.15, -0.1) is 0 Å². The Bertz CT molecular complexity index is 515. The zero-order chi connectivity index (χ0) is 13.3. The Labute approximate surface area is 109 Å². The van der Waals surface area contributed by atoms with Gasteiger partial charge in [-0.25, -0.2) is 0 Å². The second kappa shape index (κ2) is 4.86. The van der Waals surface area contributed by atoms with Crippen molar-refractivity contribution in [3.05, 3.63) is 17.2 Å². The average molecular weight is 270 g/mol. The molecule has 1 aromatic carbocycles. The van der Waals surface area contributed by atoms with E-state index in [9.17, 15) is 9.59 Å². The normalized spacial score (nSPS) is 15.2. The summed E-state index contributed by atoms with van der Waals surface area (Å²) in [4.78, 5) is 24.3. The number of amides is 1. The van der Waals surface area contributed by atoms with Crippen LogP contribution in [0.4, 0.5) is 5.69 Å². The summed E-state index contributed by atoms with van der Waals surface area (Å²) in [6.07, 6.45) is 0.214. The van der Waals surface area contributed by atoms with Crippen LogP contribution in [0.25, 0.3) is 0 Å². The minimum atomic E-state index is -0.533. The van der Waals surface area contributed by atoms with Crippen molar-refractivity contribution in [1.82, 2.24) is 0 Å². The van der Waals surface area contributed by atoms with E-state index in [-0.39, 0.29) is 6.42 Å². The Morgan fingerprint density at radius 3 is 2.33 bits per heavy atom. The quantitative estimate of drug-likeness (QED) is 0.783. The molecular formula is C12H12ClNO4. The van der Waals surface area contributed by atoms with E-state index in [2.05, 4.69) is 0 Å². The second-order valence-electron chi connectivity index (χ2n) is 3.79. The molecule has 0 spiro atoms. The van der Waals surface area contributed by atoms with Gasteiger partial charge in [0.2, 0.25) is 5.78 Å². The van der Waals surface area contributed by atoms with E-state index in [1.54, 1.807) is 12.1 Å². The number of ether oxygens (including phenoxy) is 2. The number of halogens is 1. The first-order valence-corrected chi connectivity index (χ1v) is 5.72. The fourth-order valence-electron chi connectivity index (χ4n) is 1.86. The summed E-state index contributed by atoms with van der Waals surface area (Å²) >= 11 is 6.02. The van der Waals surface area contributed by atoms with Gasteiger partial charge >= 0.3 is 0 Å². The predicted octanol–water partition coefficient (Wildman–Crippen LogP) is 1.66. The van der Waals surface area contributed by atoms with Crippen molar-refractivity contribution in [2.45, 2.75) is 6.42 Å². The first kappa shape index (κ1) is 12.7. The molecule has 6 heteroatoms. The van der Waals surface area contributed by atoms with Gasteiger partial charge in [0, 0.05) is 19.0 Å². The molecule has 5 nitrogen and oxygen atoms in total. The van der Waals surface area contributed by atoms with Crippen molar-refractivity contribution in [2.75, 3.05) is 25.7 Å². The Hall–Kier alpha value is -1.75. The highest BCUT2D eigenvalue weighted by atomic mass is 35.5. The number of carbonyl (C=O) groups is 2. The van der Waals surface area contributed by atoms with Crippen LogP contribution < -0.4 is 14.4 Å². The smallest absolute Gasteiger partial charge is 0.294 e. The van der Waals surface area contributed by atoms with Crippen molar-refractivity contribution in [2.24, 2.45) is 0 Å². The van der Waals surface area contributed by atoms with Crippen LogP contribution in [0.5, 0.6) is 11.5 Å². The molecule has 0 aliphatic carbocycles. The number of methoxy groups -OCH3 is 2. The Balaban J connectivity index is 2.47. The van der Waals surface area contributed by atoms with Gasteiger partial charge in [-0.2, -0.15) is 0 Å². The lowest BCUT2D eigenvalue weighted by Gasteiger charge is -2.19. The first-order chi connectivity index (χ1) is 8.58. The Morgan fingerprint density at radius 1 is 1.17 bits per heavy atom. The molecule has 1 heterocycles. The highest BCUT2D eigenvalue weighted by Crippen LogP contribution is 2.39.